The summed E-state index contributed by atoms with van der Waals surface area (Å²) < 4.78 is 0. The van der Waals surface area contributed by atoms with Crippen LogP contribution in [0.15, 0.2) is 12.2 Å². The molecule has 1 heterocycles. The van der Waals surface area contributed by atoms with Crippen LogP contribution in [0.2, 0.25) is 0 Å². The van der Waals surface area contributed by atoms with Gasteiger partial charge in [0.25, 0.3) is 0 Å². The Morgan fingerprint density at radius 2 is 1.38 bits per heavy atom. The Balaban J connectivity index is 2.42. The lowest BCUT2D eigenvalue weighted by Gasteiger charge is -2.16. The van der Waals surface area contributed by atoms with Gasteiger partial charge in [-0.1, -0.05) is 12.2 Å². The summed E-state index contributed by atoms with van der Waals surface area (Å²) in [6.45, 7) is 3.87. The first-order valence-corrected chi connectivity index (χ1v) is 2.79. The third-order valence-electron chi connectivity index (χ3n) is 1.01. The minimum Gasteiger partial charge on any atom is -0.229 e. The van der Waals surface area contributed by atoms with Crippen molar-refractivity contribution < 1.29 is 9.78 Å². The Hall–Kier alpha value is -0.340. The molecule has 0 bridgehead atoms. The predicted molar refractivity (Wildman–Crippen MR) is 30.2 cm³/mol. The van der Waals surface area contributed by atoms with Gasteiger partial charge in [-0.3, -0.25) is 0 Å². The first kappa shape index (κ1) is 5.79. The average Bonchev–Trinajstić information content (AvgIpc) is 1.77. The predicted octanol–water partition coefficient (Wildman–Crippen LogP) is 1.28. The van der Waals surface area contributed by atoms with Crippen LogP contribution >= 0.6 is 0 Å². The second kappa shape index (κ2) is 2.29. The Bertz CT molecular complexity index is 86.7. The molecule has 46 valence electrons. The van der Waals surface area contributed by atoms with E-state index in [1.807, 2.05) is 26.0 Å². The van der Waals surface area contributed by atoms with E-state index in [1.165, 1.54) is 0 Å². The molecule has 2 nitrogen and oxygen atoms in total. The summed E-state index contributed by atoms with van der Waals surface area (Å²) in [7, 11) is 0. The summed E-state index contributed by atoms with van der Waals surface area (Å²) in [5.74, 6) is 0. The highest BCUT2D eigenvalue weighted by molar-refractivity contribution is 4.93. The van der Waals surface area contributed by atoms with Gasteiger partial charge < -0.3 is 0 Å². The van der Waals surface area contributed by atoms with E-state index in [-0.39, 0.29) is 12.2 Å². The number of rotatable bonds is 0. The lowest BCUT2D eigenvalue weighted by molar-refractivity contribution is -0.332. The highest BCUT2D eigenvalue weighted by atomic mass is 17.2. The fraction of sp³-hybridized carbons (Fsp3) is 0.667. The molecule has 0 amide bonds. The summed E-state index contributed by atoms with van der Waals surface area (Å²) in [6.07, 6.45) is 4.19. The maximum atomic E-state index is 4.80. The zero-order chi connectivity index (χ0) is 5.98. The van der Waals surface area contributed by atoms with Crippen LogP contribution in [0, 0.1) is 0 Å². The molecule has 0 N–H and O–H groups in total. The van der Waals surface area contributed by atoms with Crippen LogP contribution in [0.5, 0.6) is 0 Å². The van der Waals surface area contributed by atoms with Gasteiger partial charge >= 0.3 is 0 Å². The molecule has 1 aliphatic heterocycles. The highest BCUT2D eigenvalue weighted by Gasteiger charge is 2.07. The SMILES string of the molecule is C[C@H]1C=C[C@H](C)OO1. The number of hydrogen-bond acceptors (Lipinski definition) is 2. The van der Waals surface area contributed by atoms with E-state index in [2.05, 4.69) is 0 Å². The normalized spacial score (nSPS) is 37.8. The topological polar surface area (TPSA) is 18.5 Å². The van der Waals surface area contributed by atoms with Gasteiger partial charge in [0.2, 0.25) is 0 Å². The summed E-state index contributed by atoms with van der Waals surface area (Å²) >= 11 is 0. The van der Waals surface area contributed by atoms with Gasteiger partial charge in [0.1, 0.15) is 12.2 Å². The van der Waals surface area contributed by atoms with Gasteiger partial charge in [0, 0.05) is 0 Å². The van der Waals surface area contributed by atoms with Crippen molar-refractivity contribution in [2.45, 2.75) is 26.1 Å². The van der Waals surface area contributed by atoms with Crippen molar-refractivity contribution in [3.8, 4) is 0 Å². The van der Waals surface area contributed by atoms with Crippen LogP contribution in [0.25, 0.3) is 0 Å². The monoisotopic (exact) mass is 114 g/mol. The van der Waals surface area contributed by atoms with Gasteiger partial charge in [-0.2, -0.15) is 0 Å². The first-order valence-electron chi connectivity index (χ1n) is 2.79. The van der Waals surface area contributed by atoms with Crippen LogP contribution in [0.1, 0.15) is 13.8 Å². The minimum atomic E-state index is 0.117. The molecule has 0 aromatic heterocycles. The molecule has 0 fully saturated rings. The molecule has 0 unspecified atom stereocenters. The smallest absolute Gasteiger partial charge is 0.108 e. The molecule has 0 saturated carbocycles. The van der Waals surface area contributed by atoms with E-state index in [0.717, 1.165) is 0 Å². The van der Waals surface area contributed by atoms with Gasteiger partial charge in [-0.15, -0.1) is 0 Å². The summed E-state index contributed by atoms with van der Waals surface area (Å²) in [5.41, 5.74) is 0. The fourth-order valence-electron chi connectivity index (χ4n) is 0.552. The molecule has 8 heavy (non-hydrogen) atoms. The second-order valence-corrected chi connectivity index (χ2v) is 1.99. The molecule has 1 rings (SSSR count). The first-order chi connectivity index (χ1) is 3.79. The number of hydrogen-bond donors (Lipinski definition) is 0. The molecule has 2 atom stereocenters. The van der Waals surface area contributed by atoms with Crippen LogP contribution in [0.4, 0.5) is 0 Å². The standard InChI is InChI=1S/C6H10O2/c1-5-3-4-6(2)8-7-5/h3-6H,1-2H3/t5-,6-/m0/s1. The van der Waals surface area contributed by atoms with Crippen LogP contribution in [-0.4, -0.2) is 12.2 Å². The van der Waals surface area contributed by atoms with Gasteiger partial charge in [0.05, 0.1) is 0 Å². The molecule has 0 aliphatic carbocycles. The zero-order valence-electron chi connectivity index (χ0n) is 5.13. The molecule has 1 aliphatic rings. The maximum absolute atomic E-state index is 4.80. The van der Waals surface area contributed by atoms with Crippen molar-refractivity contribution in [2.24, 2.45) is 0 Å². The van der Waals surface area contributed by atoms with Gasteiger partial charge in [0.15, 0.2) is 0 Å². The molecule has 0 aromatic rings. The van der Waals surface area contributed by atoms with Gasteiger partial charge in [-0.05, 0) is 13.8 Å². The molecule has 0 radical (unpaired) electrons. The maximum Gasteiger partial charge on any atom is 0.108 e. The van der Waals surface area contributed by atoms with Gasteiger partial charge in [-0.25, -0.2) is 9.78 Å². The summed E-state index contributed by atoms with van der Waals surface area (Å²) in [6, 6.07) is 0. The molecular formula is C6H10O2. The molecule has 0 aromatic carbocycles. The van der Waals surface area contributed by atoms with Crippen LogP contribution < -0.4 is 0 Å². The van der Waals surface area contributed by atoms with E-state index < -0.39 is 0 Å². The largest absolute Gasteiger partial charge is 0.229 e. The minimum absolute atomic E-state index is 0.117. The van der Waals surface area contributed by atoms with Crippen LogP contribution in [-0.2, 0) is 9.78 Å². The summed E-state index contributed by atoms with van der Waals surface area (Å²) in [5, 5.41) is 0. The Morgan fingerprint density at radius 1 is 1.00 bits per heavy atom. The Morgan fingerprint density at radius 3 is 1.62 bits per heavy atom. The highest BCUT2D eigenvalue weighted by Crippen LogP contribution is 2.06. The van der Waals surface area contributed by atoms with E-state index in [4.69, 9.17) is 9.78 Å². The van der Waals surface area contributed by atoms with E-state index in [0.29, 0.717) is 0 Å². The van der Waals surface area contributed by atoms with Crippen LogP contribution in [0.3, 0.4) is 0 Å². The third kappa shape index (κ3) is 1.32. The van der Waals surface area contributed by atoms with Crippen molar-refractivity contribution in [2.75, 3.05) is 0 Å². The third-order valence-corrected chi connectivity index (χ3v) is 1.01. The molecule has 2 heteroatoms. The van der Waals surface area contributed by atoms with Crippen molar-refractivity contribution in [3.63, 3.8) is 0 Å². The van der Waals surface area contributed by atoms with Crippen molar-refractivity contribution in [1.29, 1.82) is 0 Å². The molecule has 0 saturated heterocycles. The fourth-order valence-corrected chi connectivity index (χ4v) is 0.552. The Labute approximate surface area is 49.0 Å². The van der Waals surface area contributed by atoms with E-state index in [1.54, 1.807) is 0 Å². The molecule has 0 spiro atoms. The summed E-state index contributed by atoms with van der Waals surface area (Å²) in [4.78, 5) is 9.61. The van der Waals surface area contributed by atoms with E-state index in [9.17, 15) is 0 Å². The zero-order valence-corrected chi connectivity index (χ0v) is 5.13. The Kier molecular flexibility index (Phi) is 1.65. The molecular weight excluding hydrogens is 104 g/mol. The lowest BCUT2D eigenvalue weighted by atomic mass is 10.3. The second-order valence-electron chi connectivity index (χ2n) is 1.99. The van der Waals surface area contributed by atoms with Crippen molar-refractivity contribution in [3.05, 3.63) is 12.2 Å². The average molecular weight is 114 g/mol. The van der Waals surface area contributed by atoms with E-state index >= 15 is 0 Å². The quantitative estimate of drug-likeness (QED) is 0.349. The van der Waals surface area contributed by atoms with Crippen molar-refractivity contribution >= 4 is 0 Å². The van der Waals surface area contributed by atoms with Crippen molar-refractivity contribution in [1.82, 2.24) is 0 Å². The lowest BCUT2D eigenvalue weighted by Crippen LogP contribution is -2.17.